The van der Waals surface area contributed by atoms with Crippen LogP contribution in [0.2, 0.25) is 0 Å². The van der Waals surface area contributed by atoms with E-state index < -0.39 is 0 Å². The lowest BCUT2D eigenvalue weighted by Gasteiger charge is -2.09. The summed E-state index contributed by atoms with van der Waals surface area (Å²) in [5.74, 6) is 0.936. The van der Waals surface area contributed by atoms with Gasteiger partial charge in [-0.1, -0.05) is 12.1 Å². The number of nitrogens with zero attached hydrogens (tertiary/aromatic N) is 1. The van der Waals surface area contributed by atoms with E-state index in [-0.39, 0.29) is 0 Å². The Labute approximate surface area is 114 Å². The zero-order valence-electron chi connectivity index (χ0n) is 11.5. The number of benzene rings is 1. The molecule has 0 unspecified atom stereocenters. The van der Waals surface area contributed by atoms with Crippen molar-refractivity contribution in [3.63, 3.8) is 0 Å². The summed E-state index contributed by atoms with van der Waals surface area (Å²) >= 11 is 0. The monoisotopic (exact) mass is 256 g/mol. The minimum Gasteiger partial charge on any atom is -0.492 e. The summed E-state index contributed by atoms with van der Waals surface area (Å²) in [5.41, 5.74) is 3.75. The summed E-state index contributed by atoms with van der Waals surface area (Å²) in [4.78, 5) is 4.08. The second kappa shape index (κ2) is 6.90. The number of hydrogen-bond acceptors (Lipinski definition) is 3. The van der Waals surface area contributed by atoms with Gasteiger partial charge in [0.1, 0.15) is 12.4 Å². The van der Waals surface area contributed by atoms with Crippen LogP contribution in [-0.2, 0) is 6.54 Å². The summed E-state index contributed by atoms with van der Waals surface area (Å²) in [7, 11) is 0. The van der Waals surface area contributed by atoms with Gasteiger partial charge >= 0.3 is 0 Å². The van der Waals surface area contributed by atoms with Gasteiger partial charge in [-0.15, -0.1) is 0 Å². The van der Waals surface area contributed by atoms with Crippen LogP contribution in [-0.4, -0.2) is 18.1 Å². The molecule has 0 bridgehead atoms. The fraction of sp³-hybridized carbons (Fsp3) is 0.312. The Bertz CT molecular complexity index is 511. The van der Waals surface area contributed by atoms with Gasteiger partial charge in [-0.25, -0.2) is 0 Å². The summed E-state index contributed by atoms with van der Waals surface area (Å²) in [5, 5.41) is 3.33. The first-order valence-electron chi connectivity index (χ1n) is 6.55. The minimum absolute atomic E-state index is 0.669. The smallest absolute Gasteiger partial charge is 0.119 e. The van der Waals surface area contributed by atoms with Gasteiger partial charge in [0.15, 0.2) is 0 Å². The van der Waals surface area contributed by atoms with Crippen LogP contribution >= 0.6 is 0 Å². The molecule has 3 nitrogen and oxygen atoms in total. The van der Waals surface area contributed by atoms with Crippen molar-refractivity contribution in [1.82, 2.24) is 10.3 Å². The molecule has 0 saturated heterocycles. The second-order valence-corrected chi connectivity index (χ2v) is 4.63. The maximum Gasteiger partial charge on any atom is 0.119 e. The van der Waals surface area contributed by atoms with E-state index in [2.05, 4.69) is 42.3 Å². The Kier molecular flexibility index (Phi) is 4.93. The van der Waals surface area contributed by atoms with Crippen LogP contribution in [0.5, 0.6) is 5.75 Å². The fourth-order valence-corrected chi connectivity index (χ4v) is 1.78. The number of aromatic nitrogens is 1. The highest BCUT2D eigenvalue weighted by Gasteiger charge is 1.97. The topological polar surface area (TPSA) is 34.1 Å². The predicted octanol–water partition coefficient (Wildman–Crippen LogP) is 2.87. The molecule has 1 aromatic heterocycles. The summed E-state index contributed by atoms with van der Waals surface area (Å²) < 4.78 is 5.70. The standard InChI is InChI=1S/C16H20N2O/c1-13-5-6-16(10-14(13)2)19-9-8-18-12-15-4-3-7-17-11-15/h3-7,10-11,18H,8-9,12H2,1-2H3. The van der Waals surface area contributed by atoms with Crippen molar-refractivity contribution in [2.75, 3.05) is 13.2 Å². The van der Waals surface area contributed by atoms with Gasteiger partial charge in [0.05, 0.1) is 0 Å². The Hall–Kier alpha value is -1.87. The van der Waals surface area contributed by atoms with Crippen LogP contribution < -0.4 is 10.1 Å². The maximum atomic E-state index is 5.70. The minimum atomic E-state index is 0.669. The van der Waals surface area contributed by atoms with E-state index in [0.29, 0.717) is 6.61 Å². The molecule has 0 fully saturated rings. The number of aryl methyl sites for hydroxylation is 2. The van der Waals surface area contributed by atoms with Crippen molar-refractivity contribution < 1.29 is 4.74 Å². The molecule has 2 rings (SSSR count). The van der Waals surface area contributed by atoms with Crippen molar-refractivity contribution in [2.45, 2.75) is 20.4 Å². The summed E-state index contributed by atoms with van der Waals surface area (Å²) in [6.45, 7) is 6.52. The number of nitrogens with one attached hydrogen (secondary N) is 1. The lowest BCUT2D eigenvalue weighted by molar-refractivity contribution is 0.313. The van der Waals surface area contributed by atoms with Crippen LogP contribution in [0.1, 0.15) is 16.7 Å². The van der Waals surface area contributed by atoms with Gasteiger partial charge in [-0.05, 0) is 48.7 Å². The molecule has 0 aliphatic heterocycles. The first kappa shape index (κ1) is 13.6. The lowest BCUT2D eigenvalue weighted by Crippen LogP contribution is -2.20. The Morgan fingerprint density at radius 1 is 1.16 bits per heavy atom. The molecule has 2 aromatic rings. The highest BCUT2D eigenvalue weighted by Crippen LogP contribution is 2.15. The van der Waals surface area contributed by atoms with E-state index in [1.165, 1.54) is 16.7 Å². The second-order valence-electron chi connectivity index (χ2n) is 4.63. The molecule has 100 valence electrons. The zero-order chi connectivity index (χ0) is 13.5. The molecule has 0 radical (unpaired) electrons. The molecule has 1 N–H and O–H groups in total. The molecule has 19 heavy (non-hydrogen) atoms. The van der Waals surface area contributed by atoms with E-state index >= 15 is 0 Å². The average Bonchev–Trinajstić information content (AvgIpc) is 2.43. The van der Waals surface area contributed by atoms with E-state index in [4.69, 9.17) is 4.74 Å². The lowest BCUT2D eigenvalue weighted by atomic mass is 10.1. The molecule has 1 heterocycles. The third-order valence-electron chi connectivity index (χ3n) is 3.08. The Morgan fingerprint density at radius 2 is 2.05 bits per heavy atom. The van der Waals surface area contributed by atoms with Crippen LogP contribution in [0.25, 0.3) is 0 Å². The van der Waals surface area contributed by atoms with Crippen molar-refractivity contribution in [3.05, 3.63) is 59.4 Å². The predicted molar refractivity (Wildman–Crippen MR) is 77.4 cm³/mol. The maximum absolute atomic E-state index is 5.70. The first-order valence-corrected chi connectivity index (χ1v) is 6.55. The van der Waals surface area contributed by atoms with Crippen molar-refractivity contribution in [2.24, 2.45) is 0 Å². The quantitative estimate of drug-likeness (QED) is 0.807. The number of ether oxygens (including phenoxy) is 1. The van der Waals surface area contributed by atoms with E-state index in [1.807, 2.05) is 18.3 Å². The number of rotatable bonds is 6. The number of hydrogen-bond donors (Lipinski definition) is 1. The van der Waals surface area contributed by atoms with Crippen LogP contribution in [0, 0.1) is 13.8 Å². The largest absolute Gasteiger partial charge is 0.492 e. The molecule has 0 amide bonds. The molecule has 1 aromatic carbocycles. The molecular formula is C16H20N2O. The summed E-state index contributed by atoms with van der Waals surface area (Å²) in [6, 6.07) is 10.2. The van der Waals surface area contributed by atoms with Gasteiger partial charge in [0.25, 0.3) is 0 Å². The fourth-order valence-electron chi connectivity index (χ4n) is 1.78. The molecule has 0 aliphatic rings. The van der Waals surface area contributed by atoms with Gasteiger partial charge in [-0.3, -0.25) is 4.98 Å². The van der Waals surface area contributed by atoms with Crippen LogP contribution in [0.3, 0.4) is 0 Å². The molecule has 0 saturated carbocycles. The normalized spacial score (nSPS) is 10.4. The summed E-state index contributed by atoms with van der Waals surface area (Å²) in [6.07, 6.45) is 3.66. The zero-order valence-corrected chi connectivity index (χ0v) is 11.5. The van der Waals surface area contributed by atoms with Crippen LogP contribution in [0.4, 0.5) is 0 Å². The average molecular weight is 256 g/mol. The van der Waals surface area contributed by atoms with Gasteiger partial charge in [0, 0.05) is 25.5 Å². The number of pyridine rings is 1. The Morgan fingerprint density at radius 3 is 2.79 bits per heavy atom. The van der Waals surface area contributed by atoms with Crippen molar-refractivity contribution >= 4 is 0 Å². The Balaban J connectivity index is 1.68. The molecule has 3 heteroatoms. The van der Waals surface area contributed by atoms with Gasteiger partial charge < -0.3 is 10.1 Å². The third-order valence-corrected chi connectivity index (χ3v) is 3.08. The molecular weight excluding hydrogens is 236 g/mol. The van der Waals surface area contributed by atoms with Crippen molar-refractivity contribution in [3.8, 4) is 5.75 Å². The first-order chi connectivity index (χ1) is 9.25. The van der Waals surface area contributed by atoms with E-state index in [9.17, 15) is 0 Å². The van der Waals surface area contributed by atoms with Crippen LogP contribution in [0.15, 0.2) is 42.7 Å². The third kappa shape index (κ3) is 4.38. The SMILES string of the molecule is Cc1ccc(OCCNCc2cccnc2)cc1C. The van der Waals surface area contributed by atoms with Gasteiger partial charge in [0.2, 0.25) is 0 Å². The van der Waals surface area contributed by atoms with Gasteiger partial charge in [-0.2, -0.15) is 0 Å². The van der Waals surface area contributed by atoms with Crippen molar-refractivity contribution in [1.29, 1.82) is 0 Å². The molecule has 0 aliphatic carbocycles. The van der Waals surface area contributed by atoms with E-state index in [0.717, 1.165) is 18.8 Å². The highest BCUT2D eigenvalue weighted by molar-refractivity contribution is 5.33. The van der Waals surface area contributed by atoms with E-state index in [1.54, 1.807) is 6.20 Å². The molecule has 0 atom stereocenters. The highest BCUT2D eigenvalue weighted by atomic mass is 16.5. The molecule has 0 spiro atoms.